The van der Waals surface area contributed by atoms with Crippen molar-refractivity contribution >= 4 is 22.3 Å². The van der Waals surface area contributed by atoms with Gasteiger partial charge in [0.15, 0.2) is 5.78 Å². The quantitative estimate of drug-likeness (QED) is 0.614. The first-order chi connectivity index (χ1) is 10.2. The SMILES string of the molecule is CC(C)c1ccc2cnc(C(=O)CC(=O)C(C)(C)C)cc2c1. The molecule has 0 saturated carbocycles. The molecule has 1 heterocycles. The van der Waals surface area contributed by atoms with Gasteiger partial charge in [0.2, 0.25) is 0 Å². The summed E-state index contributed by atoms with van der Waals surface area (Å²) in [6.07, 6.45) is 1.61. The third-order valence-electron chi connectivity index (χ3n) is 3.86. The van der Waals surface area contributed by atoms with Crippen LogP contribution in [0.3, 0.4) is 0 Å². The number of nitrogens with zero attached hydrogens (tertiary/aromatic N) is 1. The maximum absolute atomic E-state index is 12.3. The average Bonchev–Trinajstić information content (AvgIpc) is 2.44. The Kier molecular flexibility index (Phi) is 4.45. The van der Waals surface area contributed by atoms with Gasteiger partial charge >= 0.3 is 0 Å². The van der Waals surface area contributed by atoms with Gasteiger partial charge in [-0.05, 0) is 22.9 Å². The Morgan fingerprint density at radius 1 is 1.09 bits per heavy atom. The van der Waals surface area contributed by atoms with Gasteiger partial charge in [-0.1, -0.05) is 52.8 Å². The fourth-order valence-electron chi connectivity index (χ4n) is 2.17. The molecule has 0 unspecified atom stereocenters. The Morgan fingerprint density at radius 3 is 2.36 bits per heavy atom. The summed E-state index contributed by atoms with van der Waals surface area (Å²) in [5, 5.41) is 2.00. The highest BCUT2D eigenvalue weighted by Crippen LogP contribution is 2.23. The monoisotopic (exact) mass is 297 g/mol. The molecule has 0 N–H and O–H groups in total. The second-order valence-corrected chi connectivity index (χ2v) is 7.10. The topological polar surface area (TPSA) is 47.0 Å². The minimum atomic E-state index is -0.503. The lowest BCUT2D eigenvalue weighted by atomic mass is 9.87. The van der Waals surface area contributed by atoms with Gasteiger partial charge < -0.3 is 0 Å². The van der Waals surface area contributed by atoms with Crippen LogP contribution in [0.1, 0.15) is 63.0 Å². The maximum Gasteiger partial charge on any atom is 0.188 e. The first kappa shape index (κ1) is 16.3. The van der Waals surface area contributed by atoms with Gasteiger partial charge in [0.05, 0.1) is 6.42 Å². The zero-order chi connectivity index (χ0) is 16.5. The minimum Gasteiger partial charge on any atom is -0.299 e. The summed E-state index contributed by atoms with van der Waals surface area (Å²) in [5.74, 6) is 0.159. The Morgan fingerprint density at radius 2 is 1.77 bits per heavy atom. The van der Waals surface area contributed by atoms with Gasteiger partial charge in [-0.3, -0.25) is 14.6 Å². The summed E-state index contributed by atoms with van der Waals surface area (Å²) < 4.78 is 0. The molecular formula is C19H23NO2. The smallest absolute Gasteiger partial charge is 0.188 e. The van der Waals surface area contributed by atoms with Crippen molar-refractivity contribution in [1.29, 1.82) is 0 Å². The van der Waals surface area contributed by atoms with E-state index in [0.717, 1.165) is 10.8 Å². The van der Waals surface area contributed by atoms with E-state index in [9.17, 15) is 9.59 Å². The van der Waals surface area contributed by atoms with Crippen molar-refractivity contribution in [2.24, 2.45) is 5.41 Å². The fourth-order valence-corrected chi connectivity index (χ4v) is 2.17. The van der Waals surface area contributed by atoms with Crippen LogP contribution in [0.25, 0.3) is 10.8 Å². The number of pyridine rings is 1. The molecule has 3 nitrogen and oxygen atoms in total. The summed E-state index contributed by atoms with van der Waals surface area (Å²) in [6, 6.07) is 7.98. The van der Waals surface area contributed by atoms with E-state index >= 15 is 0 Å². The highest BCUT2D eigenvalue weighted by atomic mass is 16.1. The number of Topliss-reactive ketones (excluding diaryl/α,β-unsaturated/α-hetero) is 2. The molecule has 2 aromatic rings. The van der Waals surface area contributed by atoms with Crippen LogP contribution in [0, 0.1) is 5.41 Å². The Bertz CT molecular complexity index is 724. The largest absolute Gasteiger partial charge is 0.299 e. The molecular weight excluding hydrogens is 274 g/mol. The highest BCUT2D eigenvalue weighted by molar-refractivity contribution is 6.09. The highest BCUT2D eigenvalue weighted by Gasteiger charge is 2.24. The molecule has 0 aliphatic rings. The van der Waals surface area contributed by atoms with Gasteiger partial charge in [-0.2, -0.15) is 0 Å². The molecule has 0 aliphatic heterocycles. The molecule has 0 fully saturated rings. The standard InChI is InChI=1S/C19H23NO2/c1-12(2)13-6-7-14-11-20-16(9-15(14)8-13)17(21)10-18(22)19(3,4)5/h6-9,11-12H,10H2,1-5H3. The Labute approximate surface area is 131 Å². The molecule has 0 spiro atoms. The third kappa shape index (κ3) is 3.59. The van der Waals surface area contributed by atoms with Crippen molar-refractivity contribution in [1.82, 2.24) is 4.98 Å². The second-order valence-electron chi connectivity index (χ2n) is 7.10. The number of hydrogen-bond donors (Lipinski definition) is 0. The molecule has 1 aromatic heterocycles. The number of aromatic nitrogens is 1. The predicted molar refractivity (Wildman–Crippen MR) is 89.2 cm³/mol. The van der Waals surface area contributed by atoms with Crippen LogP contribution in [0.2, 0.25) is 0 Å². The first-order valence-corrected chi connectivity index (χ1v) is 7.64. The summed E-state index contributed by atoms with van der Waals surface area (Å²) in [4.78, 5) is 28.5. The second kappa shape index (κ2) is 5.99. The summed E-state index contributed by atoms with van der Waals surface area (Å²) in [5.41, 5.74) is 1.09. The van der Waals surface area contributed by atoms with Crippen LogP contribution in [-0.2, 0) is 4.79 Å². The normalized spacial score (nSPS) is 11.9. The Hall–Kier alpha value is -2.03. The molecule has 2 rings (SSSR count). The number of fused-ring (bicyclic) bond motifs is 1. The van der Waals surface area contributed by atoms with Crippen LogP contribution >= 0.6 is 0 Å². The molecule has 0 atom stereocenters. The third-order valence-corrected chi connectivity index (χ3v) is 3.86. The molecule has 1 aromatic carbocycles. The lowest BCUT2D eigenvalue weighted by Gasteiger charge is -2.15. The van der Waals surface area contributed by atoms with Gasteiger partial charge in [0.25, 0.3) is 0 Å². The number of benzene rings is 1. The van der Waals surface area contributed by atoms with E-state index in [4.69, 9.17) is 0 Å². The predicted octanol–water partition coefficient (Wildman–Crippen LogP) is 4.55. The van der Waals surface area contributed by atoms with Crippen LogP contribution < -0.4 is 0 Å². The van der Waals surface area contributed by atoms with Gasteiger partial charge in [-0.15, -0.1) is 0 Å². The minimum absolute atomic E-state index is 0.0599. The lowest BCUT2D eigenvalue weighted by molar-refractivity contribution is -0.125. The van der Waals surface area contributed by atoms with Crippen molar-refractivity contribution in [3.63, 3.8) is 0 Å². The van der Waals surface area contributed by atoms with E-state index in [2.05, 4.69) is 31.0 Å². The average molecular weight is 297 g/mol. The van der Waals surface area contributed by atoms with E-state index in [1.54, 1.807) is 12.3 Å². The summed E-state index contributed by atoms with van der Waals surface area (Å²) in [6.45, 7) is 9.74. The van der Waals surface area contributed by atoms with E-state index in [1.807, 2.05) is 26.8 Å². The summed E-state index contributed by atoms with van der Waals surface area (Å²) >= 11 is 0. The Balaban J connectivity index is 2.32. The number of hydrogen-bond acceptors (Lipinski definition) is 3. The van der Waals surface area contributed by atoms with Crippen LogP contribution in [0.4, 0.5) is 0 Å². The van der Waals surface area contributed by atoms with E-state index in [0.29, 0.717) is 11.6 Å². The molecule has 0 amide bonds. The molecule has 0 saturated heterocycles. The lowest BCUT2D eigenvalue weighted by Crippen LogP contribution is -2.23. The number of rotatable bonds is 4. The van der Waals surface area contributed by atoms with Crippen LogP contribution in [0.15, 0.2) is 30.5 Å². The zero-order valence-corrected chi connectivity index (χ0v) is 13.9. The molecule has 22 heavy (non-hydrogen) atoms. The number of carbonyl (C=O) groups excluding carboxylic acids is 2. The molecule has 116 valence electrons. The van der Waals surface area contributed by atoms with Crippen LogP contribution in [-0.4, -0.2) is 16.6 Å². The van der Waals surface area contributed by atoms with Gasteiger partial charge in [0.1, 0.15) is 11.5 Å². The van der Waals surface area contributed by atoms with Crippen molar-refractivity contribution < 1.29 is 9.59 Å². The summed E-state index contributed by atoms with van der Waals surface area (Å²) in [7, 11) is 0. The van der Waals surface area contributed by atoms with E-state index < -0.39 is 5.41 Å². The first-order valence-electron chi connectivity index (χ1n) is 7.64. The van der Waals surface area contributed by atoms with Crippen molar-refractivity contribution in [3.8, 4) is 0 Å². The maximum atomic E-state index is 12.3. The molecule has 3 heteroatoms. The molecule has 0 radical (unpaired) electrons. The zero-order valence-electron chi connectivity index (χ0n) is 13.9. The molecule has 0 aliphatic carbocycles. The van der Waals surface area contributed by atoms with E-state index in [-0.39, 0.29) is 18.0 Å². The fraction of sp³-hybridized carbons (Fsp3) is 0.421. The van der Waals surface area contributed by atoms with Gasteiger partial charge in [-0.25, -0.2) is 0 Å². The van der Waals surface area contributed by atoms with Gasteiger partial charge in [0, 0.05) is 17.0 Å². The van der Waals surface area contributed by atoms with Crippen LogP contribution in [0.5, 0.6) is 0 Å². The van der Waals surface area contributed by atoms with Crippen molar-refractivity contribution in [2.45, 2.75) is 47.0 Å². The number of carbonyl (C=O) groups is 2. The van der Waals surface area contributed by atoms with Crippen molar-refractivity contribution in [2.75, 3.05) is 0 Å². The van der Waals surface area contributed by atoms with E-state index in [1.165, 1.54) is 5.56 Å². The number of ketones is 2. The van der Waals surface area contributed by atoms with Crippen molar-refractivity contribution in [3.05, 3.63) is 41.7 Å². The molecule has 0 bridgehead atoms.